The molecule has 0 amide bonds. The molecule has 0 bridgehead atoms. The Kier molecular flexibility index (Phi) is 6.90. The molecule has 0 saturated heterocycles. The standard InChI is InChI=1S/C15H25NO/c1-14(17)8-6-7-12-16(2)13-11-15-9-4-3-5-10-15/h3-5,9-10,14,17H,6-8,11-13H2,1-2H3. The van der Waals surface area contributed by atoms with Crippen molar-refractivity contribution in [3.63, 3.8) is 0 Å². The van der Waals surface area contributed by atoms with E-state index in [0.29, 0.717) is 0 Å². The molecule has 0 heterocycles. The van der Waals surface area contributed by atoms with Crippen LogP contribution < -0.4 is 0 Å². The van der Waals surface area contributed by atoms with Gasteiger partial charge in [0.05, 0.1) is 6.10 Å². The van der Waals surface area contributed by atoms with Crippen LogP contribution in [0.5, 0.6) is 0 Å². The monoisotopic (exact) mass is 235 g/mol. The summed E-state index contributed by atoms with van der Waals surface area (Å²) in [7, 11) is 2.17. The zero-order valence-corrected chi connectivity index (χ0v) is 11.1. The van der Waals surface area contributed by atoms with Gasteiger partial charge >= 0.3 is 0 Å². The Morgan fingerprint density at radius 3 is 2.47 bits per heavy atom. The molecule has 1 aromatic rings. The summed E-state index contributed by atoms with van der Waals surface area (Å²) in [6.07, 6.45) is 4.19. The van der Waals surface area contributed by atoms with Crippen molar-refractivity contribution in [2.75, 3.05) is 20.1 Å². The van der Waals surface area contributed by atoms with Gasteiger partial charge in [0, 0.05) is 6.54 Å². The highest BCUT2D eigenvalue weighted by Gasteiger charge is 2.00. The summed E-state index contributed by atoms with van der Waals surface area (Å²) in [5, 5.41) is 9.16. The fourth-order valence-corrected chi connectivity index (χ4v) is 1.90. The highest BCUT2D eigenvalue weighted by Crippen LogP contribution is 2.03. The minimum atomic E-state index is -0.148. The van der Waals surface area contributed by atoms with Crippen molar-refractivity contribution in [2.24, 2.45) is 0 Å². The van der Waals surface area contributed by atoms with E-state index < -0.39 is 0 Å². The van der Waals surface area contributed by atoms with Gasteiger partial charge in [0.15, 0.2) is 0 Å². The Bertz CT molecular complexity index is 284. The largest absolute Gasteiger partial charge is 0.393 e. The topological polar surface area (TPSA) is 23.5 Å². The molecule has 0 radical (unpaired) electrons. The van der Waals surface area contributed by atoms with Gasteiger partial charge in [0.1, 0.15) is 0 Å². The number of likely N-dealkylation sites (N-methyl/N-ethyl adjacent to an activating group) is 1. The maximum absolute atomic E-state index is 9.16. The van der Waals surface area contributed by atoms with Crippen LogP contribution in [-0.2, 0) is 6.42 Å². The Morgan fingerprint density at radius 2 is 1.82 bits per heavy atom. The molecule has 2 heteroatoms. The summed E-state index contributed by atoms with van der Waals surface area (Å²) in [5.74, 6) is 0. The lowest BCUT2D eigenvalue weighted by atomic mass is 10.1. The highest BCUT2D eigenvalue weighted by molar-refractivity contribution is 5.14. The molecule has 1 unspecified atom stereocenters. The number of hydrogen-bond donors (Lipinski definition) is 1. The number of benzene rings is 1. The third kappa shape index (κ3) is 7.14. The van der Waals surface area contributed by atoms with Crippen molar-refractivity contribution >= 4 is 0 Å². The molecular weight excluding hydrogens is 210 g/mol. The molecule has 96 valence electrons. The Hall–Kier alpha value is -0.860. The average Bonchev–Trinajstić information content (AvgIpc) is 2.33. The molecule has 0 aliphatic heterocycles. The van der Waals surface area contributed by atoms with Gasteiger partial charge in [-0.05, 0) is 51.8 Å². The van der Waals surface area contributed by atoms with Crippen LogP contribution in [0.15, 0.2) is 30.3 Å². The fourth-order valence-electron chi connectivity index (χ4n) is 1.90. The summed E-state index contributed by atoms with van der Waals surface area (Å²) in [6.45, 7) is 4.09. The van der Waals surface area contributed by atoms with Gasteiger partial charge in [-0.2, -0.15) is 0 Å². The van der Waals surface area contributed by atoms with Crippen LogP contribution in [0.2, 0.25) is 0 Å². The lowest BCUT2D eigenvalue weighted by molar-refractivity contribution is 0.178. The van der Waals surface area contributed by atoms with Gasteiger partial charge in [0.2, 0.25) is 0 Å². The smallest absolute Gasteiger partial charge is 0.0512 e. The lowest BCUT2D eigenvalue weighted by Gasteiger charge is -2.16. The first-order chi connectivity index (χ1) is 8.18. The number of rotatable bonds is 8. The zero-order chi connectivity index (χ0) is 12.5. The first-order valence-electron chi connectivity index (χ1n) is 6.59. The number of aliphatic hydroxyl groups excluding tert-OH is 1. The molecule has 1 N–H and O–H groups in total. The van der Waals surface area contributed by atoms with Crippen molar-refractivity contribution in [2.45, 2.75) is 38.7 Å². The van der Waals surface area contributed by atoms with Crippen molar-refractivity contribution in [1.82, 2.24) is 4.90 Å². The summed E-state index contributed by atoms with van der Waals surface area (Å²) < 4.78 is 0. The fraction of sp³-hybridized carbons (Fsp3) is 0.600. The molecule has 1 rings (SSSR count). The first kappa shape index (κ1) is 14.2. The van der Waals surface area contributed by atoms with Crippen molar-refractivity contribution < 1.29 is 5.11 Å². The highest BCUT2D eigenvalue weighted by atomic mass is 16.3. The Balaban J connectivity index is 2.07. The SMILES string of the molecule is CC(O)CCCCN(C)CCc1ccccc1. The van der Waals surface area contributed by atoms with E-state index >= 15 is 0 Å². The van der Waals surface area contributed by atoms with Crippen LogP contribution >= 0.6 is 0 Å². The molecule has 0 aliphatic carbocycles. The third-order valence-electron chi connectivity index (χ3n) is 3.04. The second-order valence-corrected chi connectivity index (χ2v) is 4.88. The summed E-state index contributed by atoms with van der Waals surface area (Å²) in [5.41, 5.74) is 1.41. The van der Waals surface area contributed by atoms with Gasteiger partial charge in [0.25, 0.3) is 0 Å². The van der Waals surface area contributed by atoms with Gasteiger partial charge in [-0.15, -0.1) is 0 Å². The quantitative estimate of drug-likeness (QED) is 0.700. The van der Waals surface area contributed by atoms with Gasteiger partial charge < -0.3 is 10.0 Å². The second kappa shape index (κ2) is 8.26. The van der Waals surface area contributed by atoms with Crippen LogP contribution in [-0.4, -0.2) is 36.2 Å². The minimum Gasteiger partial charge on any atom is -0.393 e. The maximum Gasteiger partial charge on any atom is 0.0512 e. The number of hydrogen-bond acceptors (Lipinski definition) is 2. The van der Waals surface area contributed by atoms with Crippen molar-refractivity contribution in [1.29, 1.82) is 0 Å². The molecule has 0 aliphatic rings. The van der Waals surface area contributed by atoms with Crippen LogP contribution in [0.25, 0.3) is 0 Å². The summed E-state index contributed by atoms with van der Waals surface area (Å²) in [6, 6.07) is 10.6. The van der Waals surface area contributed by atoms with E-state index in [1.54, 1.807) is 0 Å². The number of unbranched alkanes of at least 4 members (excludes halogenated alkanes) is 1. The molecule has 2 nitrogen and oxygen atoms in total. The zero-order valence-electron chi connectivity index (χ0n) is 11.1. The van der Waals surface area contributed by atoms with Crippen LogP contribution in [0.3, 0.4) is 0 Å². The van der Waals surface area contributed by atoms with E-state index in [-0.39, 0.29) is 6.10 Å². The third-order valence-corrected chi connectivity index (χ3v) is 3.04. The minimum absolute atomic E-state index is 0.148. The number of aliphatic hydroxyl groups is 1. The van der Waals surface area contributed by atoms with Gasteiger partial charge in [-0.3, -0.25) is 0 Å². The van der Waals surface area contributed by atoms with Crippen molar-refractivity contribution in [3.8, 4) is 0 Å². The summed E-state index contributed by atoms with van der Waals surface area (Å²) >= 11 is 0. The van der Waals surface area contributed by atoms with E-state index in [1.807, 2.05) is 6.92 Å². The van der Waals surface area contributed by atoms with E-state index in [1.165, 1.54) is 12.0 Å². The molecule has 0 aromatic heterocycles. The van der Waals surface area contributed by atoms with Crippen LogP contribution in [0.1, 0.15) is 31.7 Å². The predicted molar refractivity (Wildman–Crippen MR) is 73.2 cm³/mol. The Morgan fingerprint density at radius 1 is 1.12 bits per heavy atom. The molecule has 0 saturated carbocycles. The van der Waals surface area contributed by atoms with Crippen molar-refractivity contribution in [3.05, 3.63) is 35.9 Å². The molecule has 1 aromatic carbocycles. The second-order valence-electron chi connectivity index (χ2n) is 4.88. The summed E-state index contributed by atoms with van der Waals surface area (Å²) in [4.78, 5) is 2.37. The molecular formula is C15H25NO. The number of nitrogens with zero attached hydrogens (tertiary/aromatic N) is 1. The Labute approximate surface area is 105 Å². The molecule has 17 heavy (non-hydrogen) atoms. The molecule has 1 atom stereocenters. The average molecular weight is 235 g/mol. The van der Waals surface area contributed by atoms with E-state index in [9.17, 15) is 0 Å². The molecule has 0 spiro atoms. The van der Waals surface area contributed by atoms with E-state index in [4.69, 9.17) is 5.11 Å². The van der Waals surface area contributed by atoms with E-state index in [2.05, 4.69) is 42.3 Å². The van der Waals surface area contributed by atoms with Crippen LogP contribution in [0.4, 0.5) is 0 Å². The molecule has 0 fully saturated rings. The van der Waals surface area contributed by atoms with Gasteiger partial charge in [-0.1, -0.05) is 30.3 Å². The van der Waals surface area contributed by atoms with Gasteiger partial charge in [-0.25, -0.2) is 0 Å². The lowest BCUT2D eigenvalue weighted by Crippen LogP contribution is -2.22. The van der Waals surface area contributed by atoms with Crippen LogP contribution in [0, 0.1) is 0 Å². The predicted octanol–water partition coefficient (Wildman–Crippen LogP) is 2.71. The first-order valence-corrected chi connectivity index (χ1v) is 6.59. The van der Waals surface area contributed by atoms with E-state index in [0.717, 1.165) is 32.4 Å². The maximum atomic E-state index is 9.16. The normalized spacial score (nSPS) is 12.9.